The molecule has 3 aromatic rings. The van der Waals surface area contributed by atoms with Gasteiger partial charge in [-0.3, -0.25) is 14.2 Å². The maximum atomic E-state index is 13.2. The quantitative estimate of drug-likeness (QED) is 0.682. The van der Waals surface area contributed by atoms with Crippen LogP contribution in [0.5, 0.6) is 0 Å². The topological polar surface area (TPSA) is 86.0 Å². The van der Waals surface area contributed by atoms with E-state index in [-0.39, 0.29) is 12.2 Å². The summed E-state index contributed by atoms with van der Waals surface area (Å²) in [7, 11) is 0. The number of aromatic nitrogens is 3. The van der Waals surface area contributed by atoms with E-state index < -0.39 is 17.2 Å². The molecule has 0 atom stereocenters. The van der Waals surface area contributed by atoms with Crippen molar-refractivity contribution in [2.45, 2.75) is 33.2 Å². The van der Waals surface area contributed by atoms with Crippen molar-refractivity contribution in [3.63, 3.8) is 0 Å². The lowest BCUT2D eigenvalue weighted by atomic mass is 10.1. The molecule has 4 rings (SSSR count). The fraction of sp³-hybridized carbons (Fsp3) is 0.304. The van der Waals surface area contributed by atoms with Gasteiger partial charge in [0.25, 0.3) is 11.5 Å². The maximum Gasteiger partial charge on any atom is 0.352 e. The third kappa shape index (κ3) is 4.25. The van der Waals surface area contributed by atoms with Crippen LogP contribution in [0.2, 0.25) is 0 Å². The highest BCUT2D eigenvalue weighted by molar-refractivity contribution is 5.91. The Bertz CT molecular complexity index is 1190. The monoisotopic (exact) mass is 404 g/mol. The zero-order valence-corrected chi connectivity index (χ0v) is 17.1. The molecule has 154 valence electrons. The Kier molecular flexibility index (Phi) is 5.35. The van der Waals surface area contributed by atoms with E-state index in [0.29, 0.717) is 18.2 Å². The number of nitrogens with one attached hydrogen (secondary N) is 1. The Balaban J connectivity index is 1.84. The van der Waals surface area contributed by atoms with Crippen molar-refractivity contribution in [1.29, 1.82) is 0 Å². The fourth-order valence-corrected chi connectivity index (χ4v) is 3.45. The van der Waals surface area contributed by atoms with E-state index in [0.717, 1.165) is 38.8 Å². The first-order valence-electron chi connectivity index (χ1n) is 10.1. The van der Waals surface area contributed by atoms with E-state index in [2.05, 4.69) is 10.4 Å². The van der Waals surface area contributed by atoms with Crippen LogP contribution in [0.1, 0.15) is 40.0 Å². The summed E-state index contributed by atoms with van der Waals surface area (Å²) < 4.78 is 2.22. The highest BCUT2D eigenvalue weighted by Gasteiger charge is 2.25. The molecule has 1 heterocycles. The number of carbonyl (C=O) groups is 1. The first-order valence-corrected chi connectivity index (χ1v) is 10.1. The van der Waals surface area contributed by atoms with Crippen LogP contribution in [0.3, 0.4) is 0 Å². The van der Waals surface area contributed by atoms with Crippen molar-refractivity contribution >= 4 is 5.91 Å². The Morgan fingerprint density at radius 1 is 1.07 bits per heavy atom. The highest BCUT2D eigenvalue weighted by Crippen LogP contribution is 2.27. The standard InChI is InChI=1S/C23H24N4O3/c1-15-10-16(2)12-19(11-15)27-23(30)26(14-18-6-4-3-5-7-18)22(29)20(25-27)21(28)24-13-17-8-9-17/h3-7,10-12,17H,8-9,13-14H2,1-2H3,(H,24,28). The fourth-order valence-electron chi connectivity index (χ4n) is 3.45. The van der Waals surface area contributed by atoms with Gasteiger partial charge in [-0.25, -0.2) is 4.79 Å². The number of rotatable bonds is 6. The van der Waals surface area contributed by atoms with Gasteiger partial charge in [-0.15, -0.1) is 0 Å². The van der Waals surface area contributed by atoms with Gasteiger partial charge in [-0.05, 0) is 61.4 Å². The Hall–Kier alpha value is -3.48. The lowest BCUT2D eigenvalue weighted by Gasteiger charge is -2.13. The third-order valence-electron chi connectivity index (χ3n) is 5.16. The van der Waals surface area contributed by atoms with Crippen LogP contribution in [0.25, 0.3) is 5.69 Å². The number of aryl methyl sites for hydroxylation is 2. The first kappa shape index (κ1) is 19.8. The van der Waals surface area contributed by atoms with Gasteiger partial charge in [0.05, 0.1) is 12.2 Å². The number of nitrogens with zero attached hydrogens (tertiary/aromatic N) is 3. The van der Waals surface area contributed by atoms with Crippen LogP contribution in [0, 0.1) is 19.8 Å². The van der Waals surface area contributed by atoms with Gasteiger partial charge in [0.15, 0.2) is 0 Å². The molecular formula is C23H24N4O3. The molecule has 0 spiro atoms. The molecule has 1 N–H and O–H groups in total. The van der Waals surface area contributed by atoms with Gasteiger partial charge in [0.1, 0.15) is 0 Å². The molecule has 1 aliphatic carbocycles. The molecule has 0 unspecified atom stereocenters. The Labute approximate surface area is 174 Å². The van der Waals surface area contributed by atoms with Crippen molar-refractivity contribution in [2.75, 3.05) is 6.54 Å². The summed E-state index contributed by atoms with van der Waals surface area (Å²) in [6, 6.07) is 14.8. The molecule has 1 saturated carbocycles. The first-order chi connectivity index (χ1) is 14.4. The van der Waals surface area contributed by atoms with Crippen molar-refractivity contribution in [2.24, 2.45) is 5.92 Å². The molecule has 7 heteroatoms. The summed E-state index contributed by atoms with van der Waals surface area (Å²) in [6.07, 6.45) is 2.15. The molecule has 1 amide bonds. The number of carbonyl (C=O) groups excluding carboxylic acids is 1. The van der Waals surface area contributed by atoms with E-state index >= 15 is 0 Å². The van der Waals surface area contributed by atoms with Crippen LogP contribution in [0.4, 0.5) is 0 Å². The van der Waals surface area contributed by atoms with E-state index in [1.54, 1.807) is 0 Å². The second-order valence-electron chi connectivity index (χ2n) is 7.92. The lowest BCUT2D eigenvalue weighted by molar-refractivity contribution is 0.0942. The lowest BCUT2D eigenvalue weighted by Crippen LogP contribution is -2.46. The van der Waals surface area contributed by atoms with E-state index in [1.165, 1.54) is 0 Å². The Morgan fingerprint density at radius 3 is 2.37 bits per heavy atom. The summed E-state index contributed by atoms with van der Waals surface area (Å²) >= 11 is 0. The summed E-state index contributed by atoms with van der Waals surface area (Å²) in [4.78, 5) is 39.0. The number of benzene rings is 2. The molecular weight excluding hydrogens is 380 g/mol. The average molecular weight is 404 g/mol. The van der Waals surface area contributed by atoms with Gasteiger partial charge in [-0.2, -0.15) is 9.78 Å². The molecule has 0 radical (unpaired) electrons. The normalized spacial score (nSPS) is 13.3. The zero-order chi connectivity index (χ0) is 21.3. The number of hydrogen-bond acceptors (Lipinski definition) is 4. The van der Waals surface area contributed by atoms with Crippen LogP contribution in [-0.2, 0) is 6.54 Å². The van der Waals surface area contributed by atoms with Gasteiger partial charge in [0, 0.05) is 6.54 Å². The molecule has 1 aromatic heterocycles. The summed E-state index contributed by atoms with van der Waals surface area (Å²) in [6.45, 7) is 4.42. The molecule has 0 saturated heterocycles. The molecule has 0 aliphatic heterocycles. The van der Waals surface area contributed by atoms with Crippen molar-refractivity contribution in [1.82, 2.24) is 19.7 Å². The van der Waals surface area contributed by atoms with Gasteiger partial charge in [0.2, 0.25) is 5.69 Å². The maximum absolute atomic E-state index is 13.2. The van der Waals surface area contributed by atoms with Crippen molar-refractivity contribution in [3.8, 4) is 5.69 Å². The molecule has 2 aromatic carbocycles. The van der Waals surface area contributed by atoms with Crippen LogP contribution in [0.15, 0.2) is 58.1 Å². The SMILES string of the molecule is Cc1cc(C)cc(-n2nc(C(=O)NCC3CC3)c(=O)n(Cc3ccccc3)c2=O)c1. The Morgan fingerprint density at radius 2 is 1.73 bits per heavy atom. The van der Waals surface area contributed by atoms with Crippen molar-refractivity contribution in [3.05, 3.63) is 91.8 Å². The van der Waals surface area contributed by atoms with Gasteiger partial charge in [-0.1, -0.05) is 36.4 Å². The summed E-state index contributed by atoms with van der Waals surface area (Å²) in [5, 5.41) is 6.97. The summed E-state index contributed by atoms with van der Waals surface area (Å²) in [5.74, 6) is -0.0855. The molecule has 30 heavy (non-hydrogen) atoms. The number of hydrogen-bond donors (Lipinski definition) is 1. The van der Waals surface area contributed by atoms with E-state index in [1.807, 2.05) is 62.4 Å². The predicted octanol–water partition coefficient (Wildman–Crippen LogP) is 2.20. The summed E-state index contributed by atoms with van der Waals surface area (Å²) in [5.41, 5.74) is 1.70. The van der Waals surface area contributed by atoms with Crippen molar-refractivity contribution < 1.29 is 4.79 Å². The average Bonchev–Trinajstić information content (AvgIpc) is 3.54. The van der Waals surface area contributed by atoms with Gasteiger partial charge >= 0.3 is 5.69 Å². The zero-order valence-electron chi connectivity index (χ0n) is 17.1. The minimum atomic E-state index is -0.683. The van der Waals surface area contributed by atoms with Crippen LogP contribution < -0.4 is 16.6 Å². The highest BCUT2D eigenvalue weighted by atomic mass is 16.2. The predicted molar refractivity (Wildman–Crippen MR) is 114 cm³/mol. The van der Waals surface area contributed by atoms with E-state index in [9.17, 15) is 14.4 Å². The number of amides is 1. The second kappa shape index (κ2) is 8.10. The largest absolute Gasteiger partial charge is 0.352 e. The second-order valence-corrected chi connectivity index (χ2v) is 7.92. The minimum Gasteiger partial charge on any atom is -0.350 e. The third-order valence-corrected chi connectivity index (χ3v) is 5.16. The smallest absolute Gasteiger partial charge is 0.350 e. The van der Waals surface area contributed by atoms with E-state index in [4.69, 9.17) is 0 Å². The van der Waals surface area contributed by atoms with Crippen LogP contribution >= 0.6 is 0 Å². The van der Waals surface area contributed by atoms with Gasteiger partial charge < -0.3 is 5.32 Å². The minimum absolute atomic E-state index is 0.0642. The molecule has 0 bridgehead atoms. The van der Waals surface area contributed by atoms with Crippen LogP contribution in [-0.4, -0.2) is 26.8 Å². The molecule has 1 aliphatic rings. The molecule has 7 nitrogen and oxygen atoms in total. The molecule has 1 fully saturated rings.